The van der Waals surface area contributed by atoms with Crippen molar-refractivity contribution < 1.29 is 0 Å². The molecule has 3 atom stereocenters. The third-order valence-corrected chi connectivity index (χ3v) is 4.32. The van der Waals surface area contributed by atoms with Gasteiger partial charge >= 0.3 is 0 Å². The highest BCUT2D eigenvalue weighted by Gasteiger charge is 2.30. The second-order valence-corrected chi connectivity index (χ2v) is 6.06. The van der Waals surface area contributed by atoms with Crippen molar-refractivity contribution >= 4 is 0 Å². The molecule has 0 N–H and O–H groups in total. The molecule has 2 nitrogen and oxygen atoms in total. The molecular weight excluding hydrogens is 196 g/mol. The van der Waals surface area contributed by atoms with Gasteiger partial charge in [0.15, 0.2) is 0 Å². The molecule has 0 saturated heterocycles. The molecule has 2 heteroatoms. The number of hydrogen-bond acceptors (Lipinski definition) is 1. The van der Waals surface area contributed by atoms with Crippen LogP contribution >= 0.6 is 0 Å². The first-order valence-electron chi connectivity index (χ1n) is 6.73. The van der Waals surface area contributed by atoms with Gasteiger partial charge in [-0.05, 0) is 31.1 Å². The van der Waals surface area contributed by atoms with Crippen LogP contribution in [0.2, 0.25) is 0 Å². The fraction of sp³-hybridized carbons (Fsp3) is 0.786. The highest BCUT2D eigenvalue weighted by molar-refractivity contribution is 5.25. The molecule has 1 aromatic heterocycles. The maximum absolute atomic E-state index is 4.92. The molecule has 0 aromatic carbocycles. The van der Waals surface area contributed by atoms with Crippen LogP contribution in [0.5, 0.6) is 0 Å². The van der Waals surface area contributed by atoms with Crippen molar-refractivity contribution in [2.45, 2.75) is 58.9 Å². The van der Waals surface area contributed by atoms with Crippen LogP contribution in [0.15, 0.2) is 0 Å². The summed E-state index contributed by atoms with van der Waals surface area (Å²) in [6.45, 7) is 8.28. The van der Waals surface area contributed by atoms with Crippen LogP contribution in [-0.2, 0) is 19.4 Å². The number of hydrogen-bond donors (Lipinski definition) is 0. The Morgan fingerprint density at radius 2 is 1.94 bits per heavy atom. The van der Waals surface area contributed by atoms with E-state index in [2.05, 4.69) is 25.3 Å². The lowest BCUT2D eigenvalue weighted by Gasteiger charge is -2.26. The van der Waals surface area contributed by atoms with Gasteiger partial charge in [0.2, 0.25) is 0 Å². The molecule has 0 bridgehead atoms. The van der Waals surface area contributed by atoms with Crippen molar-refractivity contribution in [3.8, 4) is 0 Å². The Labute approximate surface area is 98.1 Å². The highest BCUT2D eigenvalue weighted by atomic mass is 15.1. The first-order valence-corrected chi connectivity index (χ1v) is 6.73. The van der Waals surface area contributed by atoms with E-state index in [-0.39, 0.29) is 0 Å². The summed E-state index contributed by atoms with van der Waals surface area (Å²) in [5.74, 6) is 3.70. The van der Waals surface area contributed by atoms with E-state index in [0.29, 0.717) is 5.92 Å². The summed E-state index contributed by atoms with van der Waals surface area (Å²) in [6, 6.07) is 0. The van der Waals surface area contributed by atoms with Gasteiger partial charge in [-0.1, -0.05) is 20.8 Å². The molecule has 0 spiro atoms. The first-order chi connectivity index (χ1) is 7.65. The Morgan fingerprint density at radius 3 is 2.75 bits per heavy atom. The lowest BCUT2D eigenvalue weighted by Crippen LogP contribution is -2.21. The third-order valence-electron chi connectivity index (χ3n) is 4.32. The lowest BCUT2D eigenvalue weighted by atomic mass is 9.84. The van der Waals surface area contributed by atoms with Crippen LogP contribution in [-0.4, -0.2) is 9.55 Å². The molecular formula is C14H22N2. The third kappa shape index (κ3) is 1.50. The molecule has 3 unspecified atom stereocenters. The molecule has 1 aromatic rings. The van der Waals surface area contributed by atoms with E-state index in [1.165, 1.54) is 43.7 Å². The van der Waals surface area contributed by atoms with Crippen LogP contribution in [0.3, 0.4) is 0 Å². The maximum atomic E-state index is 4.92. The largest absolute Gasteiger partial charge is 0.332 e. The standard InChI is InChI=1S/C14H22N2/c1-9-4-5-16-12-7-10(2)6-11(3)14(12)15-13(16)8-9/h9-11H,4-8H2,1-3H3. The molecule has 0 fully saturated rings. The van der Waals surface area contributed by atoms with Gasteiger partial charge in [0.05, 0.1) is 5.69 Å². The number of fused-ring (bicyclic) bond motifs is 3. The summed E-state index contributed by atoms with van der Waals surface area (Å²) in [7, 11) is 0. The Hall–Kier alpha value is -0.790. The number of aromatic nitrogens is 2. The summed E-state index contributed by atoms with van der Waals surface area (Å²) in [5, 5.41) is 0. The van der Waals surface area contributed by atoms with Gasteiger partial charge in [-0.3, -0.25) is 0 Å². The van der Waals surface area contributed by atoms with Crippen LogP contribution < -0.4 is 0 Å². The van der Waals surface area contributed by atoms with Crippen LogP contribution in [0, 0.1) is 11.8 Å². The Bertz CT molecular complexity index is 405. The minimum atomic E-state index is 0.673. The van der Waals surface area contributed by atoms with Crippen LogP contribution in [0.1, 0.15) is 56.7 Å². The van der Waals surface area contributed by atoms with Gasteiger partial charge in [-0.15, -0.1) is 0 Å². The quantitative estimate of drug-likeness (QED) is 0.654. The molecule has 1 aliphatic heterocycles. The zero-order chi connectivity index (χ0) is 11.3. The summed E-state index contributed by atoms with van der Waals surface area (Å²) in [5.41, 5.74) is 2.98. The van der Waals surface area contributed by atoms with Crippen LogP contribution in [0.25, 0.3) is 0 Å². The first kappa shape index (κ1) is 10.4. The van der Waals surface area contributed by atoms with Gasteiger partial charge in [0, 0.05) is 24.6 Å². The molecule has 0 radical (unpaired) electrons. The summed E-state index contributed by atoms with van der Waals surface area (Å²) in [6.07, 6.45) is 5.09. The van der Waals surface area contributed by atoms with Gasteiger partial charge in [-0.25, -0.2) is 4.98 Å². The maximum Gasteiger partial charge on any atom is 0.109 e. The van der Waals surface area contributed by atoms with Crippen molar-refractivity contribution in [1.29, 1.82) is 0 Å². The summed E-state index contributed by atoms with van der Waals surface area (Å²) >= 11 is 0. The molecule has 88 valence electrons. The molecule has 0 amide bonds. The zero-order valence-electron chi connectivity index (χ0n) is 10.7. The Kier molecular flexibility index (Phi) is 2.34. The van der Waals surface area contributed by atoms with Crippen molar-refractivity contribution in [3.05, 3.63) is 17.2 Å². The van der Waals surface area contributed by atoms with E-state index in [9.17, 15) is 0 Å². The van der Waals surface area contributed by atoms with E-state index >= 15 is 0 Å². The number of imidazole rings is 1. The SMILES string of the molecule is CC1CCn2c(nc3c2CC(C)CC3C)C1. The Balaban J connectivity index is 2.04. The minimum absolute atomic E-state index is 0.673. The number of nitrogens with zero attached hydrogens (tertiary/aromatic N) is 2. The van der Waals surface area contributed by atoms with Gasteiger partial charge in [-0.2, -0.15) is 0 Å². The van der Waals surface area contributed by atoms with E-state index in [1.54, 1.807) is 5.69 Å². The van der Waals surface area contributed by atoms with E-state index in [1.807, 2.05) is 0 Å². The normalized spacial score (nSPS) is 33.3. The molecule has 1 aliphatic carbocycles. The van der Waals surface area contributed by atoms with Gasteiger partial charge in [0.25, 0.3) is 0 Å². The van der Waals surface area contributed by atoms with Crippen molar-refractivity contribution in [3.63, 3.8) is 0 Å². The zero-order valence-corrected chi connectivity index (χ0v) is 10.7. The smallest absolute Gasteiger partial charge is 0.109 e. The predicted molar refractivity (Wildman–Crippen MR) is 65.6 cm³/mol. The van der Waals surface area contributed by atoms with Crippen molar-refractivity contribution in [1.82, 2.24) is 9.55 Å². The predicted octanol–water partition coefficient (Wildman–Crippen LogP) is 3.15. The number of rotatable bonds is 0. The van der Waals surface area contributed by atoms with Gasteiger partial charge < -0.3 is 4.57 Å². The fourth-order valence-corrected chi connectivity index (χ4v) is 3.48. The van der Waals surface area contributed by atoms with E-state index < -0.39 is 0 Å². The average molecular weight is 218 g/mol. The van der Waals surface area contributed by atoms with Crippen LogP contribution in [0.4, 0.5) is 0 Å². The second kappa shape index (κ2) is 3.61. The lowest BCUT2D eigenvalue weighted by molar-refractivity contribution is 0.386. The molecule has 2 heterocycles. The molecule has 2 aliphatic rings. The van der Waals surface area contributed by atoms with E-state index in [0.717, 1.165) is 11.8 Å². The highest BCUT2D eigenvalue weighted by Crippen LogP contribution is 2.36. The second-order valence-electron chi connectivity index (χ2n) is 6.06. The van der Waals surface area contributed by atoms with E-state index in [4.69, 9.17) is 4.98 Å². The monoisotopic (exact) mass is 218 g/mol. The molecule has 3 rings (SSSR count). The molecule has 16 heavy (non-hydrogen) atoms. The fourth-order valence-electron chi connectivity index (χ4n) is 3.48. The molecule has 0 saturated carbocycles. The topological polar surface area (TPSA) is 17.8 Å². The summed E-state index contributed by atoms with van der Waals surface area (Å²) in [4.78, 5) is 4.92. The van der Waals surface area contributed by atoms with Crippen molar-refractivity contribution in [2.75, 3.05) is 0 Å². The Morgan fingerprint density at radius 1 is 1.12 bits per heavy atom. The van der Waals surface area contributed by atoms with Gasteiger partial charge in [0.1, 0.15) is 5.82 Å². The van der Waals surface area contributed by atoms with Crippen molar-refractivity contribution in [2.24, 2.45) is 11.8 Å². The average Bonchev–Trinajstić information content (AvgIpc) is 2.56. The minimum Gasteiger partial charge on any atom is -0.332 e. The summed E-state index contributed by atoms with van der Waals surface area (Å²) < 4.78 is 2.53.